The number of ketones is 1. The number of hydrogen-bond donors (Lipinski definition) is 1. The summed E-state index contributed by atoms with van der Waals surface area (Å²) in [5, 5.41) is 4.84. The molecule has 4 atom stereocenters. The molecule has 3 aromatic carbocycles. The van der Waals surface area contributed by atoms with Crippen molar-refractivity contribution in [2.45, 2.75) is 17.5 Å². The number of nitrogens with one attached hydrogen (secondary N) is 1. The van der Waals surface area contributed by atoms with Gasteiger partial charge in [0.05, 0.1) is 5.41 Å². The number of nitrogens with zero attached hydrogens (tertiary/aromatic N) is 2. The Morgan fingerprint density at radius 1 is 1.00 bits per heavy atom. The Balaban J connectivity index is 1.56. The van der Waals surface area contributed by atoms with E-state index >= 15 is 4.79 Å². The molecule has 1 N–H and O–H groups in total. The van der Waals surface area contributed by atoms with Gasteiger partial charge >= 0.3 is 0 Å². The van der Waals surface area contributed by atoms with Crippen LogP contribution in [0.25, 0.3) is 6.08 Å². The standard InChI is InChI=1S/C31H26Cl3N3O2S/c1-36-14-19(12-18-6-2-4-8-23(18)33)28(38)30(16-36)27(21-7-3-5-9-24(21)34)26-15-40-17-37(26)31(30)22-13-20(32)10-11-25(22)35-29(31)39/h2-13,26-27H,14-17H2,1H3,(H,35,39)/b19-12+/t26-,27-,30-,31-/m0/s1. The van der Waals surface area contributed by atoms with Crippen LogP contribution in [0.15, 0.2) is 72.3 Å². The van der Waals surface area contributed by atoms with Crippen molar-refractivity contribution in [3.8, 4) is 0 Å². The third kappa shape index (κ3) is 3.50. The highest BCUT2D eigenvalue weighted by Crippen LogP contribution is 2.69. The second-order valence-electron chi connectivity index (χ2n) is 11.1. The molecule has 0 unspecified atom stereocenters. The van der Waals surface area contributed by atoms with E-state index in [1.807, 2.05) is 73.8 Å². The van der Waals surface area contributed by atoms with Crippen LogP contribution in [-0.4, -0.2) is 59.3 Å². The average Bonchev–Trinajstić information content (AvgIpc) is 3.57. The predicted molar refractivity (Wildman–Crippen MR) is 163 cm³/mol. The number of likely N-dealkylation sites (tertiary alicyclic amines) is 1. The summed E-state index contributed by atoms with van der Waals surface area (Å²) in [6.07, 6.45) is 1.89. The Hall–Kier alpha value is -2.32. The second kappa shape index (κ2) is 9.62. The smallest absolute Gasteiger partial charge is 0.250 e. The second-order valence-corrected chi connectivity index (χ2v) is 13.3. The maximum absolute atomic E-state index is 15.3. The molecule has 3 aromatic rings. The minimum Gasteiger partial charge on any atom is -0.324 e. The molecule has 7 rings (SSSR count). The Bertz CT molecular complexity index is 1610. The van der Waals surface area contributed by atoms with Crippen LogP contribution in [0.4, 0.5) is 5.69 Å². The quantitative estimate of drug-likeness (QED) is 0.334. The van der Waals surface area contributed by atoms with E-state index in [2.05, 4.69) is 15.1 Å². The summed E-state index contributed by atoms with van der Waals surface area (Å²) in [6, 6.07) is 20.7. The molecule has 4 heterocycles. The van der Waals surface area contributed by atoms with Crippen LogP contribution < -0.4 is 5.32 Å². The zero-order valence-electron chi connectivity index (χ0n) is 21.7. The van der Waals surface area contributed by atoms with Gasteiger partial charge in [-0.25, -0.2) is 0 Å². The number of carbonyl (C=O) groups is 2. The highest BCUT2D eigenvalue weighted by Gasteiger charge is 2.78. The zero-order chi connectivity index (χ0) is 27.8. The zero-order valence-corrected chi connectivity index (χ0v) is 24.7. The third-order valence-electron chi connectivity index (χ3n) is 8.99. The largest absolute Gasteiger partial charge is 0.324 e. The lowest BCUT2D eigenvalue weighted by Crippen LogP contribution is -2.65. The number of halogens is 3. The summed E-state index contributed by atoms with van der Waals surface area (Å²) in [5.41, 5.74) is 1.29. The lowest BCUT2D eigenvalue weighted by atomic mass is 9.55. The molecule has 204 valence electrons. The van der Waals surface area contributed by atoms with E-state index in [1.165, 1.54) is 0 Å². The molecule has 9 heteroatoms. The average molecular weight is 611 g/mol. The fourth-order valence-electron chi connectivity index (χ4n) is 7.69. The van der Waals surface area contributed by atoms with E-state index in [9.17, 15) is 4.79 Å². The first-order valence-corrected chi connectivity index (χ1v) is 15.5. The topological polar surface area (TPSA) is 52.7 Å². The summed E-state index contributed by atoms with van der Waals surface area (Å²) >= 11 is 21.8. The van der Waals surface area contributed by atoms with Crippen LogP contribution in [-0.2, 0) is 15.1 Å². The van der Waals surface area contributed by atoms with E-state index in [0.717, 1.165) is 22.4 Å². The van der Waals surface area contributed by atoms with Gasteiger partial charge in [-0.05, 0) is 54.6 Å². The minimum atomic E-state index is -1.27. The molecule has 5 nitrogen and oxygen atoms in total. The van der Waals surface area contributed by atoms with Gasteiger partial charge in [-0.2, -0.15) is 0 Å². The molecule has 0 radical (unpaired) electrons. The lowest BCUT2D eigenvalue weighted by molar-refractivity contribution is -0.146. The number of thioether (sulfide) groups is 1. The van der Waals surface area contributed by atoms with Crippen LogP contribution >= 0.6 is 46.6 Å². The van der Waals surface area contributed by atoms with Crippen LogP contribution in [0.3, 0.4) is 0 Å². The van der Waals surface area contributed by atoms with Crippen LogP contribution in [0.2, 0.25) is 15.1 Å². The van der Waals surface area contributed by atoms with Crippen molar-refractivity contribution in [3.63, 3.8) is 0 Å². The van der Waals surface area contributed by atoms with Gasteiger partial charge in [0.2, 0.25) is 0 Å². The van der Waals surface area contributed by atoms with Crippen LogP contribution in [0, 0.1) is 5.41 Å². The normalized spacial score (nSPS) is 30.9. The molecule has 40 heavy (non-hydrogen) atoms. The first-order chi connectivity index (χ1) is 19.3. The summed E-state index contributed by atoms with van der Waals surface area (Å²) < 4.78 is 0. The molecule has 0 aliphatic carbocycles. The van der Waals surface area contributed by atoms with Crippen LogP contribution in [0.5, 0.6) is 0 Å². The number of amides is 1. The number of carbonyl (C=O) groups excluding carboxylic acids is 2. The van der Waals surface area contributed by atoms with Crippen LogP contribution in [0.1, 0.15) is 22.6 Å². The molecule has 3 saturated heterocycles. The lowest BCUT2D eigenvalue weighted by Gasteiger charge is -2.51. The molecule has 0 saturated carbocycles. The van der Waals surface area contributed by atoms with E-state index < -0.39 is 11.0 Å². The van der Waals surface area contributed by atoms with Gasteiger partial charge in [0, 0.05) is 68.6 Å². The maximum atomic E-state index is 15.3. The highest BCUT2D eigenvalue weighted by atomic mass is 35.5. The molecule has 3 fully saturated rings. The fourth-order valence-corrected chi connectivity index (χ4v) is 9.61. The summed E-state index contributed by atoms with van der Waals surface area (Å²) in [7, 11) is 2.01. The Kier molecular flexibility index (Phi) is 6.39. The summed E-state index contributed by atoms with van der Waals surface area (Å²) in [6.45, 7) is 0.833. The number of fused-ring (bicyclic) bond motifs is 5. The number of likely N-dealkylation sites (N-methyl/N-ethyl adjacent to an activating group) is 1. The van der Waals surface area contributed by atoms with Crippen molar-refractivity contribution in [1.29, 1.82) is 0 Å². The highest BCUT2D eigenvalue weighted by molar-refractivity contribution is 7.99. The maximum Gasteiger partial charge on any atom is 0.250 e. The van der Waals surface area contributed by atoms with Gasteiger partial charge in [-0.1, -0.05) is 71.2 Å². The molecule has 0 bridgehead atoms. The van der Waals surface area contributed by atoms with Crippen molar-refractivity contribution in [2.75, 3.05) is 37.1 Å². The van der Waals surface area contributed by atoms with Crippen molar-refractivity contribution in [1.82, 2.24) is 9.80 Å². The van der Waals surface area contributed by atoms with E-state index in [4.69, 9.17) is 34.8 Å². The molecule has 4 aliphatic rings. The van der Waals surface area contributed by atoms with Crippen molar-refractivity contribution in [3.05, 3.63) is 104 Å². The molecular formula is C31H26Cl3N3O2S. The van der Waals surface area contributed by atoms with Gasteiger partial charge in [0.1, 0.15) is 5.54 Å². The monoisotopic (exact) mass is 609 g/mol. The van der Waals surface area contributed by atoms with Gasteiger partial charge < -0.3 is 10.2 Å². The van der Waals surface area contributed by atoms with Crippen molar-refractivity contribution in [2.24, 2.45) is 5.41 Å². The fraction of sp³-hybridized carbons (Fsp3) is 0.290. The van der Waals surface area contributed by atoms with Gasteiger partial charge in [0.15, 0.2) is 5.78 Å². The number of benzene rings is 3. The number of Topliss-reactive ketones (excluding diaryl/α,β-unsaturated/α-hetero) is 1. The number of piperidine rings is 1. The summed E-state index contributed by atoms with van der Waals surface area (Å²) in [4.78, 5) is 34.3. The molecule has 2 spiro atoms. The first-order valence-electron chi connectivity index (χ1n) is 13.2. The van der Waals surface area contributed by atoms with E-state index in [1.54, 1.807) is 17.8 Å². The summed E-state index contributed by atoms with van der Waals surface area (Å²) in [5.74, 6) is 0.832. The first kappa shape index (κ1) is 26.6. The van der Waals surface area contributed by atoms with Gasteiger partial charge in [-0.15, -0.1) is 11.8 Å². The van der Waals surface area contributed by atoms with Crippen molar-refractivity contribution < 1.29 is 9.59 Å². The molecule has 1 amide bonds. The number of hydrogen-bond acceptors (Lipinski definition) is 5. The minimum absolute atomic E-state index is 0.0437. The van der Waals surface area contributed by atoms with E-state index in [0.29, 0.717) is 45.3 Å². The van der Waals surface area contributed by atoms with Gasteiger partial charge in [-0.3, -0.25) is 14.5 Å². The SMILES string of the molecule is CN1C/C(=C\c2ccccc2Cl)C(=O)[C@]2(C1)[C@@H](c1ccccc1Cl)[C@@H]1CSCN1[C@@]21C(=O)Nc2ccc(Cl)cc21. The Labute approximate surface area is 252 Å². The molecular weight excluding hydrogens is 585 g/mol. The van der Waals surface area contributed by atoms with Gasteiger partial charge in [0.25, 0.3) is 5.91 Å². The molecule has 4 aliphatic heterocycles. The predicted octanol–water partition coefficient (Wildman–Crippen LogP) is 6.55. The Morgan fingerprint density at radius 3 is 2.52 bits per heavy atom. The van der Waals surface area contributed by atoms with Crippen molar-refractivity contribution >= 4 is 70.0 Å². The number of anilines is 1. The Morgan fingerprint density at radius 2 is 1.75 bits per heavy atom. The number of rotatable bonds is 2. The third-order valence-corrected chi connectivity index (χ3v) is 11.0. The molecule has 0 aromatic heterocycles. The van der Waals surface area contributed by atoms with E-state index in [-0.39, 0.29) is 23.7 Å².